The van der Waals surface area contributed by atoms with Gasteiger partial charge in [-0.25, -0.2) is 9.07 Å². The van der Waals surface area contributed by atoms with Crippen LogP contribution in [0.25, 0.3) is 0 Å². The lowest BCUT2D eigenvalue weighted by molar-refractivity contribution is 0.480. The van der Waals surface area contributed by atoms with Gasteiger partial charge in [-0.3, -0.25) is 0 Å². The molecule has 0 saturated carbocycles. The Morgan fingerprint density at radius 3 is 2.81 bits per heavy atom. The van der Waals surface area contributed by atoms with Gasteiger partial charge in [0, 0.05) is 17.6 Å². The van der Waals surface area contributed by atoms with Crippen molar-refractivity contribution in [2.75, 3.05) is 6.54 Å². The van der Waals surface area contributed by atoms with E-state index in [0.717, 1.165) is 18.7 Å². The molecule has 1 aromatic carbocycles. The molecule has 1 heterocycles. The molecular formula is C14H17BrClFN4. The number of rotatable bonds is 6. The Bertz CT molecular complexity index is 577. The Morgan fingerprint density at radius 2 is 2.24 bits per heavy atom. The molecule has 21 heavy (non-hydrogen) atoms. The quantitative estimate of drug-likeness (QED) is 0.838. The summed E-state index contributed by atoms with van der Waals surface area (Å²) in [5.41, 5.74) is 1.38. The summed E-state index contributed by atoms with van der Waals surface area (Å²) in [6.45, 7) is 2.89. The monoisotopic (exact) mass is 374 g/mol. The number of halogens is 3. The molecule has 0 bridgehead atoms. The zero-order valence-corrected chi connectivity index (χ0v) is 14.2. The molecule has 114 valence electrons. The summed E-state index contributed by atoms with van der Waals surface area (Å²) >= 11 is 9.53. The molecule has 1 aromatic heterocycles. The molecule has 0 radical (unpaired) electrons. The van der Waals surface area contributed by atoms with Gasteiger partial charge in [0.25, 0.3) is 0 Å². The Hall–Kier alpha value is -0.980. The van der Waals surface area contributed by atoms with Gasteiger partial charge >= 0.3 is 0 Å². The molecule has 0 spiro atoms. The van der Waals surface area contributed by atoms with E-state index in [-0.39, 0.29) is 11.9 Å². The molecule has 1 atom stereocenters. The second-order valence-corrected chi connectivity index (χ2v) is 5.96. The van der Waals surface area contributed by atoms with E-state index in [4.69, 9.17) is 11.6 Å². The van der Waals surface area contributed by atoms with E-state index in [9.17, 15) is 4.39 Å². The number of hydrogen-bond donors (Lipinski definition) is 1. The lowest BCUT2D eigenvalue weighted by Crippen LogP contribution is -2.27. The first-order valence-corrected chi connectivity index (χ1v) is 7.93. The summed E-state index contributed by atoms with van der Waals surface area (Å²) < 4.78 is 16.4. The molecule has 0 amide bonds. The van der Waals surface area contributed by atoms with Crippen LogP contribution in [0.3, 0.4) is 0 Å². The SMILES string of the molecule is CCCNC(Cc1c(F)cccc1Cl)c1c(Br)nnn1C. The highest BCUT2D eigenvalue weighted by Gasteiger charge is 2.22. The first-order valence-electron chi connectivity index (χ1n) is 6.76. The third-order valence-electron chi connectivity index (χ3n) is 3.27. The minimum absolute atomic E-state index is 0.117. The number of aryl methyl sites for hydroxylation is 1. The smallest absolute Gasteiger partial charge is 0.153 e. The second kappa shape index (κ2) is 7.33. The van der Waals surface area contributed by atoms with E-state index >= 15 is 0 Å². The van der Waals surface area contributed by atoms with Crippen LogP contribution in [0.4, 0.5) is 4.39 Å². The van der Waals surface area contributed by atoms with Gasteiger partial charge in [-0.05, 0) is 47.4 Å². The van der Waals surface area contributed by atoms with Crippen LogP contribution in [0, 0.1) is 5.82 Å². The van der Waals surface area contributed by atoms with Crippen molar-refractivity contribution in [1.82, 2.24) is 20.3 Å². The van der Waals surface area contributed by atoms with Gasteiger partial charge in [-0.1, -0.05) is 29.8 Å². The first kappa shape index (κ1) is 16.4. The molecule has 2 rings (SSSR count). The number of nitrogens with one attached hydrogen (secondary N) is 1. The van der Waals surface area contributed by atoms with Gasteiger partial charge in [0.2, 0.25) is 0 Å². The fourth-order valence-electron chi connectivity index (χ4n) is 2.22. The minimum atomic E-state index is -0.294. The molecule has 7 heteroatoms. The van der Waals surface area contributed by atoms with E-state index in [1.807, 2.05) is 7.05 Å². The fourth-order valence-corrected chi connectivity index (χ4v) is 3.07. The average molecular weight is 376 g/mol. The van der Waals surface area contributed by atoms with Gasteiger partial charge in [-0.15, -0.1) is 5.10 Å². The molecule has 0 aliphatic heterocycles. The van der Waals surface area contributed by atoms with Crippen molar-refractivity contribution in [3.63, 3.8) is 0 Å². The first-order chi connectivity index (χ1) is 10.0. The van der Waals surface area contributed by atoms with Crippen molar-refractivity contribution < 1.29 is 4.39 Å². The van der Waals surface area contributed by atoms with Crippen molar-refractivity contribution in [3.05, 3.63) is 44.9 Å². The maximum atomic E-state index is 14.0. The van der Waals surface area contributed by atoms with Crippen molar-refractivity contribution in [1.29, 1.82) is 0 Å². The van der Waals surface area contributed by atoms with E-state index in [1.165, 1.54) is 6.07 Å². The lowest BCUT2D eigenvalue weighted by atomic mass is 10.0. The molecule has 2 aromatic rings. The lowest BCUT2D eigenvalue weighted by Gasteiger charge is -2.20. The number of nitrogens with zero attached hydrogens (tertiary/aromatic N) is 3. The number of aromatic nitrogens is 3. The molecule has 1 N–H and O–H groups in total. The Balaban J connectivity index is 2.33. The average Bonchev–Trinajstić information content (AvgIpc) is 2.78. The van der Waals surface area contributed by atoms with Gasteiger partial charge in [0.15, 0.2) is 4.60 Å². The Kier molecular flexibility index (Phi) is 5.72. The summed E-state index contributed by atoms with van der Waals surface area (Å²) in [7, 11) is 1.82. The van der Waals surface area contributed by atoms with Crippen molar-refractivity contribution in [3.8, 4) is 0 Å². The standard InChI is InChI=1S/C14H17BrClFN4/c1-3-7-18-12(13-14(15)19-20-21(13)2)8-9-10(16)5-4-6-11(9)17/h4-6,12,18H,3,7-8H2,1-2H3. The predicted molar refractivity (Wildman–Crippen MR) is 84.9 cm³/mol. The highest BCUT2D eigenvalue weighted by molar-refractivity contribution is 9.10. The second-order valence-electron chi connectivity index (χ2n) is 4.80. The van der Waals surface area contributed by atoms with Crippen LogP contribution >= 0.6 is 27.5 Å². The van der Waals surface area contributed by atoms with E-state index in [0.29, 0.717) is 21.6 Å². The third-order valence-corrected chi connectivity index (χ3v) is 4.19. The largest absolute Gasteiger partial charge is 0.308 e. The van der Waals surface area contributed by atoms with E-state index in [2.05, 4.69) is 38.5 Å². The van der Waals surface area contributed by atoms with Crippen molar-refractivity contribution >= 4 is 27.5 Å². The zero-order chi connectivity index (χ0) is 15.4. The summed E-state index contributed by atoms with van der Waals surface area (Å²) in [4.78, 5) is 0. The number of hydrogen-bond acceptors (Lipinski definition) is 3. The maximum absolute atomic E-state index is 14.0. The van der Waals surface area contributed by atoms with Crippen LogP contribution < -0.4 is 5.32 Å². The van der Waals surface area contributed by atoms with Crippen LogP contribution in [0.5, 0.6) is 0 Å². The van der Waals surface area contributed by atoms with Gasteiger partial charge in [-0.2, -0.15) is 0 Å². The zero-order valence-electron chi connectivity index (χ0n) is 11.9. The normalized spacial score (nSPS) is 12.6. The topological polar surface area (TPSA) is 42.7 Å². The van der Waals surface area contributed by atoms with Crippen molar-refractivity contribution in [2.45, 2.75) is 25.8 Å². The van der Waals surface area contributed by atoms with Crippen LogP contribution in [-0.4, -0.2) is 21.5 Å². The number of benzene rings is 1. The predicted octanol–water partition coefficient (Wildman–Crippen LogP) is 3.65. The van der Waals surface area contributed by atoms with E-state index < -0.39 is 0 Å². The molecule has 1 unspecified atom stereocenters. The van der Waals surface area contributed by atoms with Crippen LogP contribution in [0.1, 0.15) is 30.6 Å². The van der Waals surface area contributed by atoms with Crippen molar-refractivity contribution in [2.24, 2.45) is 7.05 Å². The summed E-state index contributed by atoms with van der Waals surface area (Å²) in [6, 6.07) is 4.62. The van der Waals surface area contributed by atoms with Gasteiger partial charge in [0.1, 0.15) is 5.82 Å². The highest BCUT2D eigenvalue weighted by atomic mass is 79.9. The summed E-state index contributed by atoms with van der Waals surface area (Å²) in [6.07, 6.45) is 1.41. The maximum Gasteiger partial charge on any atom is 0.153 e. The molecule has 0 fully saturated rings. The molecular weight excluding hydrogens is 359 g/mol. The fraction of sp³-hybridized carbons (Fsp3) is 0.429. The molecule has 0 aliphatic carbocycles. The van der Waals surface area contributed by atoms with Gasteiger partial charge in [0.05, 0.1) is 11.7 Å². The third kappa shape index (κ3) is 3.81. The highest BCUT2D eigenvalue weighted by Crippen LogP contribution is 2.28. The van der Waals surface area contributed by atoms with Crippen LogP contribution in [0.15, 0.2) is 22.8 Å². The van der Waals surface area contributed by atoms with Crippen LogP contribution in [-0.2, 0) is 13.5 Å². The minimum Gasteiger partial charge on any atom is -0.308 e. The van der Waals surface area contributed by atoms with E-state index in [1.54, 1.807) is 16.8 Å². The summed E-state index contributed by atoms with van der Waals surface area (Å²) in [5.74, 6) is -0.294. The Morgan fingerprint density at radius 1 is 1.48 bits per heavy atom. The molecule has 0 saturated heterocycles. The summed E-state index contributed by atoms with van der Waals surface area (Å²) in [5, 5.41) is 11.8. The molecule has 4 nitrogen and oxygen atoms in total. The van der Waals surface area contributed by atoms with Crippen LogP contribution in [0.2, 0.25) is 5.02 Å². The molecule has 0 aliphatic rings. The van der Waals surface area contributed by atoms with Gasteiger partial charge < -0.3 is 5.32 Å². The Labute approximate surface area is 136 Å².